The number of alkyl halides is 3. The van der Waals surface area contributed by atoms with Gasteiger partial charge in [-0.25, -0.2) is 16.8 Å². The summed E-state index contributed by atoms with van der Waals surface area (Å²) in [5, 5.41) is 7.03. The minimum Gasteiger partial charge on any atom is -0.384 e. The number of anilines is 2. The first-order chi connectivity index (χ1) is 15.4. The SMILES string of the molecule is CCNc1ccc(S(=O)(=O)C(F)(F)F)cc1NC(=O)C1CCN(S(=O)(=O)c2cccs2)CC1. The number of hydrogen-bond donors (Lipinski definition) is 2. The van der Waals surface area contributed by atoms with Crippen LogP contribution in [0.2, 0.25) is 0 Å². The minimum absolute atomic E-state index is 0.0965. The maximum Gasteiger partial charge on any atom is 0.501 e. The van der Waals surface area contributed by atoms with Gasteiger partial charge < -0.3 is 10.6 Å². The topological polar surface area (TPSA) is 113 Å². The number of rotatable bonds is 7. The second-order valence-corrected chi connectivity index (χ2v) is 12.3. The van der Waals surface area contributed by atoms with E-state index in [4.69, 9.17) is 0 Å². The summed E-state index contributed by atoms with van der Waals surface area (Å²) >= 11 is 1.10. The van der Waals surface area contributed by atoms with E-state index < -0.39 is 42.1 Å². The van der Waals surface area contributed by atoms with Gasteiger partial charge >= 0.3 is 5.51 Å². The molecule has 0 unspecified atom stereocenters. The number of thiophene rings is 1. The van der Waals surface area contributed by atoms with Crippen LogP contribution in [0.3, 0.4) is 0 Å². The molecule has 2 aromatic rings. The standard InChI is InChI=1S/C19H22F3N3O5S3/c1-2-23-15-6-5-14(32(27,28)19(20,21)22)12-16(15)24-18(26)13-7-9-25(10-8-13)33(29,30)17-4-3-11-31-17/h3-6,11-13,23H,2,7-10H2,1H3,(H,24,26). The molecule has 2 N–H and O–H groups in total. The Hall–Kier alpha value is -2.16. The van der Waals surface area contributed by atoms with Crippen molar-refractivity contribution >= 4 is 48.5 Å². The Morgan fingerprint density at radius 1 is 1.12 bits per heavy atom. The Bertz CT molecular complexity index is 1210. The van der Waals surface area contributed by atoms with E-state index >= 15 is 0 Å². The van der Waals surface area contributed by atoms with E-state index in [-0.39, 0.29) is 41.5 Å². The number of amides is 1. The molecule has 0 aliphatic carbocycles. The lowest BCUT2D eigenvalue weighted by Crippen LogP contribution is -2.41. The fourth-order valence-electron chi connectivity index (χ4n) is 3.40. The van der Waals surface area contributed by atoms with Crippen molar-refractivity contribution in [3.63, 3.8) is 0 Å². The summed E-state index contributed by atoms with van der Waals surface area (Å²) in [7, 11) is -9.23. The predicted octanol–water partition coefficient (Wildman–Crippen LogP) is 3.51. The summed E-state index contributed by atoms with van der Waals surface area (Å²) in [4.78, 5) is 11.8. The maximum absolute atomic E-state index is 12.9. The molecule has 1 saturated heterocycles. The number of sulfonamides is 1. The van der Waals surface area contributed by atoms with Crippen molar-refractivity contribution in [2.75, 3.05) is 30.3 Å². The van der Waals surface area contributed by atoms with Gasteiger partial charge in [0.15, 0.2) is 0 Å². The molecule has 1 aliphatic rings. The van der Waals surface area contributed by atoms with Crippen LogP contribution in [0.1, 0.15) is 19.8 Å². The quantitative estimate of drug-likeness (QED) is 0.572. The molecule has 2 heterocycles. The average Bonchev–Trinajstić information content (AvgIpc) is 3.30. The van der Waals surface area contributed by atoms with E-state index in [2.05, 4.69) is 10.6 Å². The van der Waals surface area contributed by atoms with Gasteiger partial charge in [0.25, 0.3) is 19.9 Å². The van der Waals surface area contributed by atoms with E-state index in [1.165, 1.54) is 10.4 Å². The van der Waals surface area contributed by atoms with Crippen LogP contribution in [0, 0.1) is 5.92 Å². The van der Waals surface area contributed by atoms with E-state index in [0.29, 0.717) is 6.54 Å². The molecule has 1 aromatic heterocycles. The van der Waals surface area contributed by atoms with Gasteiger partial charge in [0.2, 0.25) is 5.91 Å². The molecule has 14 heteroatoms. The zero-order chi connectivity index (χ0) is 24.4. The monoisotopic (exact) mass is 525 g/mol. The molecule has 0 bridgehead atoms. The molecule has 182 valence electrons. The van der Waals surface area contributed by atoms with Crippen molar-refractivity contribution in [1.82, 2.24) is 4.31 Å². The minimum atomic E-state index is -5.59. The summed E-state index contributed by atoms with van der Waals surface area (Å²) < 4.78 is 89.1. The summed E-state index contributed by atoms with van der Waals surface area (Å²) in [6, 6.07) is 5.89. The van der Waals surface area contributed by atoms with E-state index in [1.54, 1.807) is 18.4 Å². The molecular weight excluding hydrogens is 503 g/mol. The molecule has 0 radical (unpaired) electrons. The summed E-state index contributed by atoms with van der Waals surface area (Å²) in [5.41, 5.74) is -5.31. The fraction of sp³-hybridized carbons (Fsp3) is 0.421. The Labute approximate surface area is 193 Å². The number of carbonyl (C=O) groups is 1. The number of sulfone groups is 1. The van der Waals surface area contributed by atoms with Gasteiger partial charge in [0.1, 0.15) is 4.21 Å². The van der Waals surface area contributed by atoms with Crippen molar-refractivity contribution in [2.24, 2.45) is 5.92 Å². The lowest BCUT2D eigenvalue weighted by Gasteiger charge is -2.30. The van der Waals surface area contributed by atoms with Crippen molar-refractivity contribution in [1.29, 1.82) is 0 Å². The third-order valence-electron chi connectivity index (χ3n) is 5.15. The van der Waals surface area contributed by atoms with Crippen LogP contribution in [-0.2, 0) is 24.7 Å². The highest BCUT2D eigenvalue weighted by atomic mass is 32.2. The number of benzene rings is 1. The fourth-order valence-corrected chi connectivity index (χ4v) is 6.80. The van der Waals surface area contributed by atoms with Gasteiger partial charge in [-0.05, 0) is 49.4 Å². The van der Waals surface area contributed by atoms with Gasteiger partial charge in [-0.3, -0.25) is 4.79 Å². The molecule has 8 nitrogen and oxygen atoms in total. The molecule has 0 atom stereocenters. The highest BCUT2D eigenvalue weighted by Gasteiger charge is 2.47. The number of hydrogen-bond acceptors (Lipinski definition) is 7. The molecule has 3 rings (SSSR count). The first kappa shape index (κ1) is 25.5. The van der Waals surface area contributed by atoms with Crippen LogP contribution in [0.5, 0.6) is 0 Å². The Kier molecular flexibility index (Phi) is 7.41. The van der Waals surface area contributed by atoms with Crippen LogP contribution in [0.15, 0.2) is 44.8 Å². The Morgan fingerprint density at radius 3 is 2.33 bits per heavy atom. The molecule has 0 spiro atoms. The number of piperidine rings is 1. The van der Waals surface area contributed by atoms with E-state index in [0.717, 1.165) is 29.5 Å². The smallest absolute Gasteiger partial charge is 0.384 e. The third kappa shape index (κ3) is 5.34. The van der Waals surface area contributed by atoms with Crippen molar-refractivity contribution in [3.05, 3.63) is 35.7 Å². The highest BCUT2D eigenvalue weighted by molar-refractivity contribution is 7.92. The van der Waals surface area contributed by atoms with Crippen LogP contribution in [-0.4, -0.2) is 52.2 Å². The summed E-state index contributed by atoms with van der Waals surface area (Å²) in [6.45, 7) is 2.34. The molecule has 33 heavy (non-hydrogen) atoms. The normalized spacial score (nSPS) is 16.5. The first-order valence-electron chi connectivity index (χ1n) is 9.91. The third-order valence-corrected chi connectivity index (χ3v) is 9.90. The number of carbonyl (C=O) groups excluding carboxylic acids is 1. The molecule has 1 aromatic carbocycles. The highest BCUT2D eigenvalue weighted by Crippen LogP contribution is 2.34. The zero-order valence-corrected chi connectivity index (χ0v) is 19.9. The first-order valence-corrected chi connectivity index (χ1v) is 13.7. The van der Waals surface area contributed by atoms with Crippen LogP contribution in [0.4, 0.5) is 24.5 Å². The van der Waals surface area contributed by atoms with E-state index in [1.807, 2.05) is 0 Å². The summed E-state index contributed by atoms with van der Waals surface area (Å²) in [6.07, 6.45) is 0.432. The van der Waals surface area contributed by atoms with Gasteiger partial charge in [-0.15, -0.1) is 11.3 Å². The van der Waals surface area contributed by atoms with Gasteiger partial charge in [-0.2, -0.15) is 17.5 Å². The predicted molar refractivity (Wildman–Crippen MR) is 118 cm³/mol. The van der Waals surface area contributed by atoms with E-state index in [9.17, 15) is 34.8 Å². The van der Waals surface area contributed by atoms with Crippen molar-refractivity contribution in [2.45, 2.75) is 34.4 Å². The lowest BCUT2D eigenvalue weighted by atomic mass is 9.97. The largest absolute Gasteiger partial charge is 0.501 e. The van der Waals surface area contributed by atoms with Crippen molar-refractivity contribution in [3.8, 4) is 0 Å². The second kappa shape index (κ2) is 9.60. The van der Waals surface area contributed by atoms with Crippen LogP contribution in [0.25, 0.3) is 0 Å². The van der Waals surface area contributed by atoms with Gasteiger partial charge in [-0.1, -0.05) is 6.07 Å². The van der Waals surface area contributed by atoms with Gasteiger partial charge in [0.05, 0.1) is 16.3 Å². The Balaban J connectivity index is 1.75. The lowest BCUT2D eigenvalue weighted by molar-refractivity contribution is -0.120. The number of nitrogens with one attached hydrogen (secondary N) is 2. The van der Waals surface area contributed by atoms with Gasteiger partial charge in [0, 0.05) is 25.6 Å². The van der Waals surface area contributed by atoms with Crippen molar-refractivity contribution < 1.29 is 34.8 Å². The number of halogens is 3. The second-order valence-electron chi connectivity index (χ2n) is 7.29. The zero-order valence-electron chi connectivity index (χ0n) is 17.4. The molecular formula is C19H22F3N3O5S3. The molecule has 1 aliphatic heterocycles. The van der Waals surface area contributed by atoms with Crippen LogP contribution >= 0.6 is 11.3 Å². The molecule has 1 amide bonds. The maximum atomic E-state index is 12.9. The molecule has 1 fully saturated rings. The molecule has 0 saturated carbocycles. The summed E-state index contributed by atoms with van der Waals surface area (Å²) in [5.74, 6) is -1.11. The average molecular weight is 526 g/mol. The van der Waals surface area contributed by atoms with Crippen LogP contribution < -0.4 is 10.6 Å². The number of nitrogens with zero attached hydrogens (tertiary/aromatic N) is 1. The Morgan fingerprint density at radius 2 is 1.79 bits per heavy atom.